The van der Waals surface area contributed by atoms with Gasteiger partial charge in [-0.3, -0.25) is 9.59 Å². The second-order valence-corrected chi connectivity index (χ2v) is 10.1. The maximum Gasteiger partial charge on any atom is 0.262 e. The quantitative estimate of drug-likeness (QED) is 0.639. The Labute approximate surface area is 197 Å². The lowest BCUT2D eigenvalue weighted by molar-refractivity contribution is -0.121. The van der Waals surface area contributed by atoms with Crippen molar-refractivity contribution in [2.75, 3.05) is 36.9 Å². The number of piperidine rings is 1. The van der Waals surface area contributed by atoms with Crippen molar-refractivity contribution in [3.8, 4) is 11.5 Å². The van der Waals surface area contributed by atoms with Gasteiger partial charge in [-0.05, 0) is 50.1 Å². The van der Waals surface area contributed by atoms with E-state index in [1.165, 1.54) is 16.4 Å². The minimum Gasteiger partial charge on any atom is -0.494 e. The van der Waals surface area contributed by atoms with Gasteiger partial charge in [0, 0.05) is 24.8 Å². The van der Waals surface area contributed by atoms with Crippen molar-refractivity contribution in [2.45, 2.75) is 24.7 Å². The molecule has 2 aliphatic rings. The monoisotopic (exact) mass is 493 g/mol. The molecule has 0 aromatic heterocycles. The average Bonchev–Trinajstić information content (AvgIpc) is 2.80. The predicted octanol–water partition coefficient (Wildman–Crippen LogP) is 3.11. The van der Waals surface area contributed by atoms with Crippen molar-refractivity contribution < 1.29 is 27.5 Å². The van der Waals surface area contributed by atoms with Gasteiger partial charge in [0.15, 0.2) is 6.61 Å². The highest BCUT2D eigenvalue weighted by atomic mass is 35.5. The summed E-state index contributed by atoms with van der Waals surface area (Å²) in [5.41, 5.74) is 0.932. The van der Waals surface area contributed by atoms with Crippen molar-refractivity contribution in [2.24, 2.45) is 5.92 Å². The zero-order valence-electron chi connectivity index (χ0n) is 18.0. The molecule has 1 atom stereocenters. The molecule has 0 aliphatic carbocycles. The molecule has 2 aromatic rings. The topological polar surface area (TPSA) is 114 Å². The van der Waals surface area contributed by atoms with Crippen LogP contribution in [0.15, 0.2) is 41.3 Å². The van der Waals surface area contributed by atoms with E-state index in [4.69, 9.17) is 21.1 Å². The van der Waals surface area contributed by atoms with Crippen LogP contribution < -0.4 is 20.1 Å². The number of fused-ring (bicyclic) bond motifs is 1. The maximum atomic E-state index is 13.3. The summed E-state index contributed by atoms with van der Waals surface area (Å²) in [6.07, 6.45) is 1.11. The van der Waals surface area contributed by atoms with Crippen LogP contribution in [0.4, 0.5) is 11.4 Å². The molecule has 1 saturated heterocycles. The largest absolute Gasteiger partial charge is 0.494 e. The second-order valence-electron chi connectivity index (χ2n) is 7.76. The van der Waals surface area contributed by atoms with Gasteiger partial charge in [0.1, 0.15) is 16.4 Å². The van der Waals surface area contributed by atoms with E-state index < -0.39 is 15.9 Å². The third-order valence-corrected chi connectivity index (χ3v) is 7.80. The summed E-state index contributed by atoms with van der Waals surface area (Å²) in [5, 5.41) is 5.42. The fraction of sp³-hybridized carbons (Fsp3) is 0.364. The number of nitrogens with one attached hydrogen (secondary N) is 2. The molecule has 2 amide bonds. The van der Waals surface area contributed by atoms with E-state index in [1.807, 2.05) is 6.92 Å². The Morgan fingerprint density at radius 1 is 1.30 bits per heavy atom. The fourth-order valence-electron chi connectivity index (χ4n) is 3.84. The van der Waals surface area contributed by atoms with E-state index in [0.29, 0.717) is 36.6 Å². The van der Waals surface area contributed by atoms with Crippen molar-refractivity contribution >= 4 is 44.8 Å². The number of nitrogens with zero attached hydrogens (tertiary/aromatic N) is 1. The number of benzene rings is 2. The van der Waals surface area contributed by atoms with Crippen LogP contribution in [0.5, 0.6) is 11.5 Å². The summed E-state index contributed by atoms with van der Waals surface area (Å²) < 4.78 is 38.7. The molecule has 2 heterocycles. The first-order chi connectivity index (χ1) is 15.8. The number of anilines is 2. The molecule has 33 heavy (non-hydrogen) atoms. The number of carbonyl (C=O) groups is 2. The minimum atomic E-state index is -3.98. The Bertz CT molecular complexity index is 1170. The maximum absolute atomic E-state index is 13.3. The van der Waals surface area contributed by atoms with Gasteiger partial charge in [-0.1, -0.05) is 11.6 Å². The minimum absolute atomic E-state index is 0.0273. The van der Waals surface area contributed by atoms with E-state index >= 15 is 0 Å². The highest BCUT2D eigenvalue weighted by molar-refractivity contribution is 7.89. The lowest BCUT2D eigenvalue weighted by Crippen LogP contribution is -2.43. The molecule has 0 bridgehead atoms. The van der Waals surface area contributed by atoms with E-state index in [-0.39, 0.29) is 47.2 Å². The number of halogens is 1. The molecule has 2 aromatic carbocycles. The smallest absolute Gasteiger partial charge is 0.262 e. The number of ether oxygens (including phenoxy) is 2. The predicted molar refractivity (Wildman–Crippen MR) is 123 cm³/mol. The van der Waals surface area contributed by atoms with E-state index in [0.717, 1.165) is 0 Å². The number of rotatable bonds is 6. The zero-order chi connectivity index (χ0) is 23.6. The molecular weight excluding hydrogens is 470 g/mol. The van der Waals surface area contributed by atoms with Gasteiger partial charge in [-0.15, -0.1) is 0 Å². The zero-order valence-corrected chi connectivity index (χ0v) is 19.5. The molecular formula is C22H24ClN3O6S. The SMILES string of the molecule is CCOc1ccc(NC(=O)[C@@H]2CCCN(S(=O)(=O)c3cc4c(cc3Cl)NC(=O)CO4)C2)cc1. The number of hydrogen-bond donors (Lipinski definition) is 2. The van der Waals surface area contributed by atoms with Crippen molar-refractivity contribution in [1.82, 2.24) is 4.31 Å². The van der Waals surface area contributed by atoms with Gasteiger partial charge < -0.3 is 20.1 Å². The third-order valence-electron chi connectivity index (χ3n) is 5.47. The van der Waals surface area contributed by atoms with Crippen molar-refractivity contribution in [3.05, 3.63) is 41.4 Å². The van der Waals surface area contributed by atoms with Crippen molar-refractivity contribution in [3.63, 3.8) is 0 Å². The van der Waals surface area contributed by atoms with Crippen LogP contribution in [-0.4, -0.2) is 50.8 Å². The van der Waals surface area contributed by atoms with E-state index in [1.54, 1.807) is 24.3 Å². The molecule has 0 spiro atoms. The van der Waals surface area contributed by atoms with E-state index in [2.05, 4.69) is 10.6 Å². The van der Waals surface area contributed by atoms with Crippen LogP contribution in [0.3, 0.4) is 0 Å². The number of amides is 2. The average molecular weight is 494 g/mol. The molecule has 0 unspecified atom stereocenters. The molecule has 11 heteroatoms. The Hall–Kier alpha value is -2.82. The van der Waals surface area contributed by atoms with E-state index in [9.17, 15) is 18.0 Å². The molecule has 0 saturated carbocycles. The normalized spacial score (nSPS) is 18.6. The fourth-order valence-corrected chi connectivity index (χ4v) is 5.88. The van der Waals surface area contributed by atoms with Gasteiger partial charge >= 0.3 is 0 Å². The number of carbonyl (C=O) groups excluding carboxylic acids is 2. The summed E-state index contributed by atoms with van der Waals surface area (Å²) >= 11 is 6.25. The highest BCUT2D eigenvalue weighted by Gasteiger charge is 2.35. The molecule has 176 valence electrons. The van der Waals surface area contributed by atoms with Gasteiger partial charge in [0.25, 0.3) is 5.91 Å². The van der Waals surface area contributed by atoms with Crippen LogP contribution >= 0.6 is 11.6 Å². The number of sulfonamides is 1. The van der Waals surface area contributed by atoms with Gasteiger partial charge in [-0.2, -0.15) is 4.31 Å². The Morgan fingerprint density at radius 2 is 2.06 bits per heavy atom. The van der Waals surface area contributed by atoms with Crippen LogP contribution in [-0.2, 0) is 19.6 Å². The summed E-state index contributed by atoms with van der Waals surface area (Å²) in [6, 6.07) is 9.69. The van der Waals surface area contributed by atoms with Gasteiger partial charge in [0.2, 0.25) is 15.9 Å². The molecule has 4 rings (SSSR count). The van der Waals surface area contributed by atoms with Crippen LogP contribution in [0, 0.1) is 5.92 Å². The third kappa shape index (κ3) is 5.07. The highest BCUT2D eigenvalue weighted by Crippen LogP contribution is 2.37. The molecule has 0 radical (unpaired) electrons. The first-order valence-corrected chi connectivity index (χ1v) is 12.4. The Kier molecular flexibility index (Phi) is 6.78. The number of hydrogen-bond acceptors (Lipinski definition) is 6. The second kappa shape index (κ2) is 9.58. The Balaban J connectivity index is 1.48. The standard InChI is InChI=1S/C22H24ClN3O6S/c1-2-31-16-7-5-15(6-8-16)24-22(28)14-4-3-9-26(12-14)33(29,30)20-11-19-18(10-17(20)23)25-21(27)13-32-19/h5-8,10-11,14H,2-4,9,12-13H2,1H3,(H,24,28)(H,25,27)/t14-/m1/s1. The molecule has 1 fully saturated rings. The summed E-state index contributed by atoms with van der Waals surface area (Å²) in [5.74, 6) is -0.157. The molecule has 2 N–H and O–H groups in total. The lowest BCUT2D eigenvalue weighted by Gasteiger charge is -2.31. The van der Waals surface area contributed by atoms with Crippen LogP contribution in [0.2, 0.25) is 5.02 Å². The first kappa shape index (κ1) is 23.3. The van der Waals surface area contributed by atoms with Crippen LogP contribution in [0.25, 0.3) is 0 Å². The summed E-state index contributed by atoms with van der Waals surface area (Å²) in [7, 11) is -3.98. The van der Waals surface area contributed by atoms with Crippen LogP contribution in [0.1, 0.15) is 19.8 Å². The summed E-state index contributed by atoms with van der Waals surface area (Å²) in [4.78, 5) is 24.2. The lowest BCUT2D eigenvalue weighted by atomic mass is 9.99. The van der Waals surface area contributed by atoms with Gasteiger partial charge in [-0.25, -0.2) is 8.42 Å². The molecule has 2 aliphatic heterocycles. The summed E-state index contributed by atoms with van der Waals surface area (Å²) in [6.45, 7) is 2.55. The molecule has 9 nitrogen and oxygen atoms in total. The van der Waals surface area contributed by atoms with Gasteiger partial charge in [0.05, 0.1) is 23.2 Å². The van der Waals surface area contributed by atoms with Crippen molar-refractivity contribution in [1.29, 1.82) is 0 Å². The Morgan fingerprint density at radius 3 is 2.79 bits per heavy atom. The first-order valence-electron chi connectivity index (χ1n) is 10.6.